The summed E-state index contributed by atoms with van der Waals surface area (Å²) in [5, 5.41) is 8.85. The molecule has 0 spiro atoms. The highest BCUT2D eigenvalue weighted by molar-refractivity contribution is 6.30. The number of aromatic nitrogens is 3. The lowest BCUT2D eigenvalue weighted by Gasteiger charge is -2.18. The summed E-state index contributed by atoms with van der Waals surface area (Å²) in [5.74, 6) is 1.90. The van der Waals surface area contributed by atoms with E-state index in [-0.39, 0.29) is 0 Å². The van der Waals surface area contributed by atoms with Gasteiger partial charge in [-0.3, -0.25) is 4.57 Å². The van der Waals surface area contributed by atoms with Crippen LogP contribution in [-0.2, 0) is 19.4 Å². The first-order valence-electron chi connectivity index (χ1n) is 7.19. The summed E-state index contributed by atoms with van der Waals surface area (Å²) in [4.78, 5) is 0. The normalized spacial score (nSPS) is 12.6. The molecule has 0 amide bonds. The third-order valence-corrected chi connectivity index (χ3v) is 4.12. The van der Waals surface area contributed by atoms with E-state index >= 15 is 0 Å². The van der Waals surface area contributed by atoms with Gasteiger partial charge in [-0.05, 0) is 47.9 Å². The number of ether oxygens (including phenoxy) is 1. The van der Waals surface area contributed by atoms with Crippen LogP contribution in [0.5, 0.6) is 5.75 Å². The largest absolute Gasteiger partial charge is 0.489 e. The van der Waals surface area contributed by atoms with Gasteiger partial charge in [-0.2, -0.15) is 0 Å². The fraction of sp³-hybridized carbons (Fsp3) is 0.176. The Morgan fingerprint density at radius 1 is 1.09 bits per heavy atom. The summed E-state index contributed by atoms with van der Waals surface area (Å²) in [6.45, 7) is 0.536. The molecule has 2 aromatic carbocycles. The van der Waals surface area contributed by atoms with Crippen molar-refractivity contribution >= 4 is 11.6 Å². The minimum absolute atomic E-state index is 0.536. The van der Waals surface area contributed by atoms with Gasteiger partial charge in [0.1, 0.15) is 24.5 Å². The topological polar surface area (TPSA) is 39.9 Å². The maximum Gasteiger partial charge on any atom is 0.137 e. The van der Waals surface area contributed by atoms with Crippen LogP contribution < -0.4 is 4.74 Å². The molecule has 0 fully saturated rings. The van der Waals surface area contributed by atoms with Crippen molar-refractivity contribution in [2.45, 2.75) is 19.4 Å². The molecule has 0 N–H and O–H groups in total. The van der Waals surface area contributed by atoms with Crippen LogP contribution >= 0.6 is 11.6 Å². The molecular formula is C17H14ClN3O. The Labute approximate surface area is 133 Å². The number of hydrogen-bond donors (Lipinski definition) is 0. The zero-order chi connectivity index (χ0) is 14.9. The molecule has 1 aliphatic rings. The number of aryl methyl sites for hydroxylation is 2. The van der Waals surface area contributed by atoms with Crippen LogP contribution in [0.25, 0.3) is 5.69 Å². The number of halogens is 1. The fourth-order valence-electron chi connectivity index (χ4n) is 2.71. The molecule has 0 aliphatic carbocycles. The molecule has 0 bridgehead atoms. The average Bonchev–Trinajstić information content (AvgIpc) is 3.03. The van der Waals surface area contributed by atoms with E-state index in [0.717, 1.165) is 40.7 Å². The van der Waals surface area contributed by atoms with Gasteiger partial charge in [-0.25, -0.2) is 0 Å². The zero-order valence-electron chi connectivity index (χ0n) is 11.9. The SMILES string of the molecule is Clc1ccc(COc2ccc3c(c2)CCc2nncn2-3)cc1. The predicted octanol–water partition coefficient (Wildman–Crippen LogP) is 3.60. The van der Waals surface area contributed by atoms with E-state index in [4.69, 9.17) is 16.3 Å². The second-order valence-electron chi connectivity index (χ2n) is 5.32. The standard InChI is InChI=1S/C17H14ClN3O/c18-14-4-1-12(2-5-14)10-22-15-6-7-16-13(9-15)3-8-17-20-19-11-21(16)17/h1-2,4-7,9,11H,3,8,10H2. The van der Waals surface area contributed by atoms with Crippen molar-refractivity contribution in [2.75, 3.05) is 0 Å². The highest BCUT2D eigenvalue weighted by Gasteiger charge is 2.17. The quantitative estimate of drug-likeness (QED) is 0.742. The van der Waals surface area contributed by atoms with Gasteiger partial charge in [0.15, 0.2) is 0 Å². The molecule has 0 unspecified atom stereocenters. The van der Waals surface area contributed by atoms with Crippen molar-refractivity contribution in [3.63, 3.8) is 0 Å². The lowest BCUT2D eigenvalue weighted by atomic mass is 10.0. The summed E-state index contributed by atoms with van der Waals surface area (Å²) in [7, 11) is 0. The molecule has 4 nitrogen and oxygen atoms in total. The number of hydrogen-bond acceptors (Lipinski definition) is 3. The first-order chi connectivity index (χ1) is 10.8. The van der Waals surface area contributed by atoms with E-state index in [9.17, 15) is 0 Å². The summed E-state index contributed by atoms with van der Waals surface area (Å²) >= 11 is 5.89. The van der Waals surface area contributed by atoms with Gasteiger partial charge < -0.3 is 4.74 Å². The smallest absolute Gasteiger partial charge is 0.137 e. The Hall–Kier alpha value is -2.33. The highest BCUT2D eigenvalue weighted by Crippen LogP contribution is 2.27. The maximum atomic E-state index is 5.89. The molecule has 5 heteroatoms. The fourth-order valence-corrected chi connectivity index (χ4v) is 2.84. The Balaban J connectivity index is 1.54. The molecule has 4 rings (SSSR count). The molecule has 2 heterocycles. The van der Waals surface area contributed by atoms with Crippen LogP contribution in [0.1, 0.15) is 17.0 Å². The van der Waals surface area contributed by atoms with Gasteiger partial charge in [-0.15, -0.1) is 10.2 Å². The first-order valence-corrected chi connectivity index (χ1v) is 7.57. The number of fused-ring (bicyclic) bond motifs is 3. The van der Waals surface area contributed by atoms with Gasteiger partial charge >= 0.3 is 0 Å². The molecular weight excluding hydrogens is 298 g/mol. The molecule has 1 aromatic heterocycles. The van der Waals surface area contributed by atoms with Crippen molar-refractivity contribution in [2.24, 2.45) is 0 Å². The van der Waals surface area contributed by atoms with Crippen LogP contribution in [0, 0.1) is 0 Å². The van der Waals surface area contributed by atoms with E-state index in [0.29, 0.717) is 6.61 Å². The number of nitrogens with zero attached hydrogens (tertiary/aromatic N) is 3. The summed E-state index contributed by atoms with van der Waals surface area (Å²) in [5.41, 5.74) is 3.51. The van der Waals surface area contributed by atoms with Crippen LogP contribution in [0.4, 0.5) is 0 Å². The van der Waals surface area contributed by atoms with Crippen molar-refractivity contribution in [1.29, 1.82) is 0 Å². The van der Waals surface area contributed by atoms with E-state index < -0.39 is 0 Å². The second kappa shape index (κ2) is 5.46. The monoisotopic (exact) mass is 311 g/mol. The summed E-state index contributed by atoms with van der Waals surface area (Å²) in [6, 6.07) is 13.9. The van der Waals surface area contributed by atoms with Crippen LogP contribution in [0.15, 0.2) is 48.8 Å². The first kappa shape index (κ1) is 13.3. The van der Waals surface area contributed by atoms with Crippen LogP contribution in [-0.4, -0.2) is 14.8 Å². The molecule has 0 radical (unpaired) electrons. The minimum Gasteiger partial charge on any atom is -0.489 e. The van der Waals surface area contributed by atoms with Gasteiger partial charge in [0.2, 0.25) is 0 Å². The molecule has 110 valence electrons. The van der Waals surface area contributed by atoms with E-state index in [1.807, 2.05) is 34.9 Å². The van der Waals surface area contributed by atoms with Gasteiger partial charge in [0, 0.05) is 11.4 Å². The van der Waals surface area contributed by atoms with Gasteiger partial charge in [0.25, 0.3) is 0 Å². The number of benzene rings is 2. The molecule has 22 heavy (non-hydrogen) atoms. The lowest BCUT2D eigenvalue weighted by molar-refractivity contribution is 0.306. The van der Waals surface area contributed by atoms with Gasteiger partial charge in [0.05, 0.1) is 5.69 Å². The van der Waals surface area contributed by atoms with Crippen molar-refractivity contribution in [3.05, 3.63) is 70.8 Å². The average molecular weight is 312 g/mol. The van der Waals surface area contributed by atoms with E-state index in [1.165, 1.54) is 5.56 Å². The van der Waals surface area contributed by atoms with E-state index in [2.05, 4.69) is 22.3 Å². The van der Waals surface area contributed by atoms with Crippen LogP contribution in [0.2, 0.25) is 5.02 Å². The Bertz CT molecular complexity index is 811. The van der Waals surface area contributed by atoms with E-state index in [1.54, 1.807) is 6.33 Å². The maximum absolute atomic E-state index is 5.89. The molecule has 3 aromatic rings. The molecule has 1 aliphatic heterocycles. The second-order valence-corrected chi connectivity index (χ2v) is 5.76. The third kappa shape index (κ3) is 2.46. The van der Waals surface area contributed by atoms with Crippen molar-refractivity contribution in [1.82, 2.24) is 14.8 Å². The third-order valence-electron chi connectivity index (χ3n) is 3.87. The Kier molecular flexibility index (Phi) is 3.31. The summed E-state index contributed by atoms with van der Waals surface area (Å²) in [6.07, 6.45) is 3.64. The summed E-state index contributed by atoms with van der Waals surface area (Å²) < 4.78 is 7.93. The molecule has 0 atom stereocenters. The zero-order valence-corrected chi connectivity index (χ0v) is 12.6. The number of rotatable bonds is 3. The minimum atomic E-state index is 0.536. The molecule has 0 saturated heterocycles. The lowest BCUT2D eigenvalue weighted by Crippen LogP contribution is -2.11. The molecule has 0 saturated carbocycles. The predicted molar refractivity (Wildman–Crippen MR) is 84.6 cm³/mol. The highest BCUT2D eigenvalue weighted by atomic mass is 35.5. The van der Waals surface area contributed by atoms with Crippen molar-refractivity contribution in [3.8, 4) is 11.4 Å². The Morgan fingerprint density at radius 2 is 1.95 bits per heavy atom. The van der Waals surface area contributed by atoms with Crippen LogP contribution in [0.3, 0.4) is 0 Å². The van der Waals surface area contributed by atoms with Gasteiger partial charge in [-0.1, -0.05) is 23.7 Å². The van der Waals surface area contributed by atoms with Crippen molar-refractivity contribution < 1.29 is 4.74 Å². The Morgan fingerprint density at radius 3 is 2.82 bits per heavy atom.